The van der Waals surface area contributed by atoms with Gasteiger partial charge in [-0.2, -0.15) is 0 Å². The third kappa shape index (κ3) is 8.11. The zero-order valence-corrected chi connectivity index (χ0v) is 19.3. The van der Waals surface area contributed by atoms with Crippen LogP contribution in [0, 0.1) is 13.8 Å². The topological polar surface area (TPSA) is 52.6 Å². The molecule has 140 valence electrons. The SMILES string of the molecule is CN=C(NCCCN(C(C)C)C(C)C)NCc1nc(C)c(C)s1.I. The van der Waals surface area contributed by atoms with Crippen molar-refractivity contribution in [1.82, 2.24) is 20.5 Å². The summed E-state index contributed by atoms with van der Waals surface area (Å²) in [6.45, 7) is 15.9. The lowest BCUT2D eigenvalue weighted by molar-refractivity contribution is 0.173. The van der Waals surface area contributed by atoms with Gasteiger partial charge in [0, 0.05) is 37.1 Å². The number of halogens is 1. The van der Waals surface area contributed by atoms with Crippen LogP contribution in [0.15, 0.2) is 4.99 Å². The molecule has 2 N–H and O–H groups in total. The maximum Gasteiger partial charge on any atom is 0.191 e. The van der Waals surface area contributed by atoms with Crippen LogP contribution in [0.3, 0.4) is 0 Å². The second-order valence-electron chi connectivity index (χ2n) is 6.38. The summed E-state index contributed by atoms with van der Waals surface area (Å²) in [6, 6.07) is 1.17. The second-order valence-corrected chi connectivity index (χ2v) is 7.67. The largest absolute Gasteiger partial charge is 0.356 e. The third-order valence-electron chi connectivity index (χ3n) is 3.92. The number of nitrogens with one attached hydrogen (secondary N) is 2. The summed E-state index contributed by atoms with van der Waals surface area (Å²) in [5.74, 6) is 0.844. The van der Waals surface area contributed by atoms with E-state index in [0.29, 0.717) is 12.1 Å². The molecule has 0 bridgehead atoms. The molecule has 1 heterocycles. The molecule has 1 aromatic rings. The summed E-state index contributed by atoms with van der Waals surface area (Å²) in [5, 5.41) is 7.82. The van der Waals surface area contributed by atoms with Gasteiger partial charge in [0.2, 0.25) is 0 Å². The standard InChI is InChI=1S/C17H33N5S.HI/c1-12(2)22(13(3)4)10-8-9-19-17(18-7)20-11-16-21-14(5)15(6)23-16;/h12-13H,8-11H2,1-7H3,(H2,18,19,20);1H. The third-order valence-corrected chi connectivity index (χ3v) is 4.99. The molecule has 0 amide bonds. The maximum atomic E-state index is 4.54. The van der Waals surface area contributed by atoms with E-state index in [4.69, 9.17) is 0 Å². The van der Waals surface area contributed by atoms with E-state index in [-0.39, 0.29) is 24.0 Å². The van der Waals surface area contributed by atoms with Gasteiger partial charge in [0.15, 0.2) is 5.96 Å². The van der Waals surface area contributed by atoms with E-state index in [2.05, 4.69) is 67.1 Å². The van der Waals surface area contributed by atoms with Crippen molar-refractivity contribution in [2.75, 3.05) is 20.1 Å². The van der Waals surface area contributed by atoms with Crippen molar-refractivity contribution in [2.24, 2.45) is 4.99 Å². The van der Waals surface area contributed by atoms with E-state index in [1.807, 2.05) is 7.05 Å². The number of aryl methyl sites for hydroxylation is 2. The number of aromatic nitrogens is 1. The van der Waals surface area contributed by atoms with Gasteiger partial charge in [-0.1, -0.05) is 0 Å². The van der Waals surface area contributed by atoms with Crippen molar-refractivity contribution < 1.29 is 0 Å². The lowest BCUT2D eigenvalue weighted by Crippen LogP contribution is -2.41. The smallest absolute Gasteiger partial charge is 0.191 e. The fourth-order valence-corrected chi connectivity index (χ4v) is 3.45. The first-order valence-corrected chi connectivity index (χ1v) is 9.30. The van der Waals surface area contributed by atoms with Crippen molar-refractivity contribution in [3.8, 4) is 0 Å². The van der Waals surface area contributed by atoms with E-state index in [9.17, 15) is 0 Å². The first-order chi connectivity index (χ1) is 10.8. The van der Waals surface area contributed by atoms with E-state index < -0.39 is 0 Å². The number of hydrogen-bond donors (Lipinski definition) is 2. The molecule has 0 spiro atoms. The Morgan fingerprint density at radius 2 is 1.79 bits per heavy atom. The molecular formula is C17H34IN5S. The Labute approximate surface area is 168 Å². The van der Waals surface area contributed by atoms with Crippen LogP contribution >= 0.6 is 35.3 Å². The predicted molar refractivity (Wildman–Crippen MR) is 117 cm³/mol. The average Bonchev–Trinajstić information content (AvgIpc) is 2.79. The quantitative estimate of drug-likeness (QED) is 0.266. The van der Waals surface area contributed by atoms with Gasteiger partial charge < -0.3 is 10.6 Å². The highest BCUT2D eigenvalue weighted by Gasteiger charge is 2.12. The Morgan fingerprint density at radius 3 is 2.25 bits per heavy atom. The van der Waals surface area contributed by atoms with Gasteiger partial charge in [-0.3, -0.25) is 9.89 Å². The molecule has 0 aliphatic heterocycles. The van der Waals surface area contributed by atoms with Gasteiger partial charge in [0.05, 0.1) is 12.2 Å². The lowest BCUT2D eigenvalue weighted by atomic mass is 10.2. The van der Waals surface area contributed by atoms with Crippen LogP contribution in [-0.2, 0) is 6.54 Å². The minimum atomic E-state index is 0. The summed E-state index contributed by atoms with van der Waals surface area (Å²) in [5.41, 5.74) is 1.12. The molecule has 1 aromatic heterocycles. The van der Waals surface area contributed by atoms with Crippen LogP contribution in [0.5, 0.6) is 0 Å². The van der Waals surface area contributed by atoms with E-state index in [0.717, 1.165) is 42.7 Å². The zero-order chi connectivity index (χ0) is 17.4. The molecule has 0 fully saturated rings. The monoisotopic (exact) mass is 467 g/mol. The van der Waals surface area contributed by atoms with Crippen molar-refractivity contribution in [3.63, 3.8) is 0 Å². The summed E-state index contributed by atoms with van der Waals surface area (Å²) < 4.78 is 0. The Balaban J connectivity index is 0.00000529. The number of rotatable bonds is 8. The number of nitrogens with zero attached hydrogens (tertiary/aromatic N) is 3. The highest BCUT2D eigenvalue weighted by Crippen LogP contribution is 2.15. The molecule has 0 unspecified atom stereocenters. The van der Waals surface area contributed by atoms with E-state index >= 15 is 0 Å². The first kappa shape index (κ1) is 23.6. The lowest BCUT2D eigenvalue weighted by Gasteiger charge is -2.30. The molecule has 7 heteroatoms. The first-order valence-electron chi connectivity index (χ1n) is 8.48. The van der Waals surface area contributed by atoms with Crippen LogP contribution in [-0.4, -0.2) is 48.1 Å². The Morgan fingerprint density at radius 1 is 1.17 bits per heavy atom. The van der Waals surface area contributed by atoms with E-state index in [1.54, 1.807) is 11.3 Å². The van der Waals surface area contributed by atoms with Gasteiger partial charge in [0.25, 0.3) is 0 Å². The summed E-state index contributed by atoms with van der Waals surface area (Å²) in [4.78, 5) is 12.6. The minimum Gasteiger partial charge on any atom is -0.356 e. The Hall–Kier alpha value is -0.410. The molecule has 0 aliphatic carbocycles. The Bertz CT molecular complexity index is 472. The molecule has 0 radical (unpaired) electrons. The normalized spacial score (nSPS) is 12.0. The molecule has 1 rings (SSSR count). The Kier molecular flexibility index (Phi) is 11.8. The number of aliphatic imine (C=N–C) groups is 1. The van der Waals surface area contributed by atoms with Crippen LogP contribution in [0.25, 0.3) is 0 Å². The summed E-state index contributed by atoms with van der Waals surface area (Å²) in [7, 11) is 1.81. The average molecular weight is 467 g/mol. The van der Waals surface area contributed by atoms with Gasteiger partial charge in [-0.15, -0.1) is 35.3 Å². The van der Waals surface area contributed by atoms with Gasteiger partial charge >= 0.3 is 0 Å². The van der Waals surface area contributed by atoms with Gasteiger partial charge in [0.1, 0.15) is 5.01 Å². The summed E-state index contributed by atoms with van der Waals surface area (Å²) in [6.07, 6.45) is 1.10. The predicted octanol–water partition coefficient (Wildman–Crippen LogP) is 3.55. The molecule has 0 aliphatic rings. The maximum absolute atomic E-state index is 4.54. The van der Waals surface area contributed by atoms with Crippen molar-refractivity contribution >= 4 is 41.3 Å². The number of hydrogen-bond acceptors (Lipinski definition) is 4. The van der Waals surface area contributed by atoms with Gasteiger partial charge in [-0.25, -0.2) is 4.98 Å². The number of guanidine groups is 1. The summed E-state index contributed by atoms with van der Waals surface area (Å²) >= 11 is 1.74. The molecular weight excluding hydrogens is 433 g/mol. The highest BCUT2D eigenvalue weighted by atomic mass is 127. The van der Waals surface area contributed by atoms with Crippen LogP contribution in [0.2, 0.25) is 0 Å². The van der Waals surface area contributed by atoms with Crippen LogP contribution < -0.4 is 10.6 Å². The molecule has 0 saturated carbocycles. The van der Waals surface area contributed by atoms with Crippen molar-refractivity contribution in [1.29, 1.82) is 0 Å². The van der Waals surface area contributed by atoms with Crippen molar-refractivity contribution in [2.45, 2.75) is 66.6 Å². The number of thiazole rings is 1. The fraction of sp³-hybridized carbons (Fsp3) is 0.765. The molecule has 24 heavy (non-hydrogen) atoms. The molecule has 0 aromatic carbocycles. The zero-order valence-electron chi connectivity index (χ0n) is 16.1. The minimum absolute atomic E-state index is 0. The molecule has 0 saturated heterocycles. The highest BCUT2D eigenvalue weighted by molar-refractivity contribution is 14.0. The van der Waals surface area contributed by atoms with E-state index in [1.165, 1.54) is 4.88 Å². The van der Waals surface area contributed by atoms with Crippen LogP contribution in [0.4, 0.5) is 0 Å². The molecule has 5 nitrogen and oxygen atoms in total. The second kappa shape index (κ2) is 12.0. The molecule has 0 atom stereocenters. The van der Waals surface area contributed by atoms with Gasteiger partial charge in [-0.05, 0) is 48.0 Å². The fourth-order valence-electron chi connectivity index (χ4n) is 2.58. The van der Waals surface area contributed by atoms with Crippen LogP contribution in [0.1, 0.15) is 49.7 Å². The van der Waals surface area contributed by atoms with Crippen molar-refractivity contribution in [3.05, 3.63) is 15.6 Å².